The second kappa shape index (κ2) is 5.56. The van der Waals surface area contributed by atoms with Crippen LogP contribution in [-0.2, 0) is 0 Å². The minimum atomic E-state index is -1.86. The van der Waals surface area contributed by atoms with Crippen molar-refractivity contribution in [3.8, 4) is 0 Å². The van der Waals surface area contributed by atoms with Gasteiger partial charge < -0.3 is 5.11 Å². The van der Waals surface area contributed by atoms with Crippen molar-refractivity contribution in [1.82, 2.24) is 0 Å². The molecule has 16 heavy (non-hydrogen) atoms. The molecular weight excluding hydrogens is 294 g/mol. The lowest BCUT2D eigenvalue weighted by atomic mass is 10.1. The van der Waals surface area contributed by atoms with Gasteiger partial charge in [0.1, 0.15) is 6.10 Å². The molecule has 0 aliphatic heterocycles. The fourth-order valence-corrected chi connectivity index (χ4v) is 1.40. The van der Waals surface area contributed by atoms with Crippen molar-refractivity contribution < 1.29 is 9.90 Å². The number of benzene rings is 1. The fourth-order valence-electron chi connectivity index (χ4n) is 1.04. The Morgan fingerprint density at radius 3 is 2.19 bits per heavy atom. The number of Topliss-reactive ketones (excluding diaryl/α,β-unsaturated/α-hetero) is 1. The molecule has 0 saturated heterocycles. The molecule has 0 unspecified atom stereocenters. The predicted octanol–water partition coefficient (Wildman–Crippen LogP) is 3.64. The first kappa shape index (κ1) is 14.1. The zero-order valence-corrected chi connectivity index (χ0v) is 11.0. The average molecular weight is 302 g/mol. The van der Waals surface area contributed by atoms with Gasteiger partial charge in [-0.25, -0.2) is 0 Å². The lowest BCUT2D eigenvalue weighted by Gasteiger charge is -2.17. The van der Waals surface area contributed by atoms with Gasteiger partial charge in [-0.1, -0.05) is 46.4 Å². The highest BCUT2D eigenvalue weighted by molar-refractivity contribution is 6.68. The normalized spacial score (nSPS) is 13.6. The standard InChI is InChI=1S/C10H8Cl4O2/c11-7-3-1-6(2-4-7)8(15)5-9(16)10(12,13)14/h1-4,9,16H,5H2/t9-/m1/s1. The Bertz CT molecular complexity index is 369. The summed E-state index contributed by atoms with van der Waals surface area (Å²) in [5, 5.41) is 9.96. The summed E-state index contributed by atoms with van der Waals surface area (Å²) in [5.74, 6) is -0.310. The highest BCUT2D eigenvalue weighted by Gasteiger charge is 2.32. The lowest BCUT2D eigenvalue weighted by Crippen LogP contribution is -2.27. The smallest absolute Gasteiger partial charge is 0.216 e. The lowest BCUT2D eigenvalue weighted by molar-refractivity contribution is 0.0885. The molecule has 1 aromatic rings. The van der Waals surface area contributed by atoms with Crippen molar-refractivity contribution in [1.29, 1.82) is 0 Å². The van der Waals surface area contributed by atoms with E-state index in [9.17, 15) is 9.90 Å². The molecular formula is C10H8Cl4O2. The van der Waals surface area contributed by atoms with Gasteiger partial charge in [-0.05, 0) is 24.3 Å². The van der Waals surface area contributed by atoms with Crippen LogP contribution in [0.4, 0.5) is 0 Å². The minimum absolute atomic E-state index is 0.252. The molecule has 0 radical (unpaired) electrons. The molecule has 1 rings (SSSR count). The van der Waals surface area contributed by atoms with E-state index in [-0.39, 0.29) is 12.2 Å². The average Bonchev–Trinajstić information content (AvgIpc) is 2.17. The topological polar surface area (TPSA) is 37.3 Å². The van der Waals surface area contributed by atoms with Crippen LogP contribution in [0.25, 0.3) is 0 Å². The third-order valence-electron chi connectivity index (χ3n) is 1.92. The first-order valence-corrected chi connectivity index (χ1v) is 5.85. The summed E-state index contributed by atoms with van der Waals surface area (Å²) in [4.78, 5) is 11.6. The summed E-state index contributed by atoms with van der Waals surface area (Å²) in [7, 11) is 0. The molecule has 0 heterocycles. The number of hydrogen-bond acceptors (Lipinski definition) is 2. The number of alkyl halides is 3. The highest BCUT2D eigenvalue weighted by atomic mass is 35.6. The van der Waals surface area contributed by atoms with E-state index in [1.807, 2.05) is 0 Å². The van der Waals surface area contributed by atoms with Gasteiger partial charge in [-0.2, -0.15) is 0 Å². The van der Waals surface area contributed by atoms with Gasteiger partial charge in [0.25, 0.3) is 0 Å². The number of aliphatic hydroxyl groups excluding tert-OH is 1. The minimum Gasteiger partial charge on any atom is -0.388 e. The molecule has 88 valence electrons. The van der Waals surface area contributed by atoms with Gasteiger partial charge in [-0.3, -0.25) is 4.79 Å². The zero-order chi connectivity index (χ0) is 12.3. The molecule has 0 amide bonds. The maximum absolute atomic E-state index is 11.6. The number of carbonyl (C=O) groups is 1. The number of ketones is 1. The van der Waals surface area contributed by atoms with Crippen LogP contribution in [0.1, 0.15) is 16.8 Å². The van der Waals surface area contributed by atoms with E-state index in [0.717, 1.165) is 0 Å². The molecule has 2 nitrogen and oxygen atoms in total. The van der Waals surface area contributed by atoms with Crippen LogP contribution in [0.2, 0.25) is 5.02 Å². The Morgan fingerprint density at radius 1 is 1.25 bits per heavy atom. The molecule has 0 aromatic heterocycles. The van der Waals surface area contributed by atoms with Crippen LogP contribution in [0.5, 0.6) is 0 Å². The highest BCUT2D eigenvalue weighted by Crippen LogP contribution is 2.32. The molecule has 0 spiro atoms. The SMILES string of the molecule is O=C(C[C@@H](O)C(Cl)(Cl)Cl)c1ccc(Cl)cc1. The molecule has 0 saturated carbocycles. The molecule has 0 aliphatic carbocycles. The molecule has 1 aromatic carbocycles. The Balaban J connectivity index is 2.70. The number of halogens is 4. The molecule has 0 fully saturated rings. The third-order valence-corrected chi connectivity index (χ3v) is 2.93. The van der Waals surface area contributed by atoms with E-state index in [1.165, 1.54) is 0 Å². The van der Waals surface area contributed by atoms with Gasteiger partial charge in [0.15, 0.2) is 5.78 Å². The second-order valence-electron chi connectivity index (χ2n) is 3.19. The van der Waals surface area contributed by atoms with Gasteiger partial charge in [-0.15, -0.1) is 0 Å². The van der Waals surface area contributed by atoms with Crippen molar-refractivity contribution in [2.45, 2.75) is 16.3 Å². The number of rotatable bonds is 3. The Labute approximate surface area is 113 Å². The van der Waals surface area contributed by atoms with E-state index in [0.29, 0.717) is 10.6 Å². The number of carbonyl (C=O) groups excluding carboxylic acids is 1. The van der Waals surface area contributed by atoms with Crippen molar-refractivity contribution in [2.24, 2.45) is 0 Å². The van der Waals surface area contributed by atoms with Crippen molar-refractivity contribution in [3.05, 3.63) is 34.9 Å². The number of aliphatic hydroxyl groups is 1. The first-order valence-electron chi connectivity index (χ1n) is 4.34. The van der Waals surface area contributed by atoms with Crippen LogP contribution >= 0.6 is 46.4 Å². The Kier molecular flexibility index (Phi) is 4.89. The van der Waals surface area contributed by atoms with Crippen LogP contribution in [0.15, 0.2) is 24.3 Å². The summed E-state index contributed by atoms with van der Waals surface area (Å²) in [6.07, 6.45) is -1.58. The summed E-state index contributed by atoms with van der Waals surface area (Å²) in [6.45, 7) is 0. The van der Waals surface area contributed by atoms with Crippen LogP contribution in [0.3, 0.4) is 0 Å². The maximum atomic E-state index is 11.6. The van der Waals surface area contributed by atoms with Gasteiger partial charge in [0, 0.05) is 17.0 Å². The summed E-state index contributed by atoms with van der Waals surface area (Å²) < 4.78 is -1.86. The molecule has 6 heteroatoms. The van der Waals surface area contributed by atoms with Crippen LogP contribution < -0.4 is 0 Å². The van der Waals surface area contributed by atoms with Crippen molar-refractivity contribution >= 4 is 52.2 Å². The largest absolute Gasteiger partial charge is 0.388 e. The summed E-state index contributed by atoms with van der Waals surface area (Å²) >= 11 is 22.0. The van der Waals surface area contributed by atoms with Gasteiger partial charge in [0.2, 0.25) is 3.79 Å². The quantitative estimate of drug-likeness (QED) is 0.683. The Hall–Kier alpha value is 0.01000. The van der Waals surface area contributed by atoms with E-state index >= 15 is 0 Å². The molecule has 1 N–H and O–H groups in total. The second-order valence-corrected chi connectivity index (χ2v) is 6.00. The fraction of sp³-hybridized carbons (Fsp3) is 0.300. The predicted molar refractivity (Wildman–Crippen MR) is 66.7 cm³/mol. The molecule has 0 bridgehead atoms. The molecule has 0 aliphatic rings. The first-order chi connectivity index (χ1) is 7.30. The van der Waals surface area contributed by atoms with E-state index in [2.05, 4.69) is 0 Å². The van der Waals surface area contributed by atoms with E-state index in [1.54, 1.807) is 24.3 Å². The molecule has 1 atom stereocenters. The summed E-state index contributed by atoms with van der Waals surface area (Å²) in [6, 6.07) is 6.26. The van der Waals surface area contributed by atoms with Crippen molar-refractivity contribution in [2.75, 3.05) is 0 Å². The van der Waals surface area contributed by atoms with Gasteiger partial charge in [0.05, 0.1) is 0 Å². The number of hydrogen-bond donors (Lipinski definition) is 1. The van der Waals surface area contributed by atoms with E-state index in [4.69, 9.17) is 46.4 Å². The third kappa shape index (κ3) is 4.11. The zero-order valence-electron chi connectivity index (χ0n) is 7.96. The Morgan fingerprint density at radius 2 is 1.75 bits per heavy atom. The van der Waals surface area contributed by atoms with Crippen LogP contribution in [-0.4, -0.2) is 20.8 Å². The monoisotopic (exact) mass is 300 g/mol. The van der Waals surface area contributed by atoms with Gasteiger partial charge >= 0.3 is 0 Å². The van der Waals surface area contributed by atoms with Crippen molar-refractivity contribution in [3.63, 3.8) is 0 Å². The van der Waals surface area contributed by atoms with Crippen LogP contribution in [0, 0.1) is 0 Å². The summed E-state index contributed by atoms with van der Waals surface area (Å²) in [5.41, 5.74) is 0.415. The maximum Gasteiger partial charge on any atom is 0.216 e. The van der Waals surface area contributed by atoms with E-state index < -0.39 is 9.90 Å².